The molecule has 3 atom stereocenters. The molecule has 4 N–H and O–H groups in total. The largest absolute Gasteiger partial charge is 0.462 e. The fourth-order valence-electron chi connectivity index (χ4n) is 4.09. The van der Waals surface area contributed by atoms with Crippen LogP contribution in [-0.2, 0) is 38.2 Å². The minimum Gasteiger partial charge on any atom is -0.462 e. The van der Waals surface area contributed by atoms with Crippen LogP contribution < -0.4 is 21.3 Å². The van der Waals surface area contributed by atoms with Crippen molar-refractivity contribution in [2.45, 2.75) is 193 Å². The number of nitrogens with one attached hydrogen (secondary N) is 4. The maximum atomic E-state index is 13.6. The molecule has 0 aromatic carbocycles. The molecule has 1 saturated heterocycles. The molecule has 0 aliphatic carbocycles. The smallest absolute Gasteiger partial charge is 0.325 e. The van der Waals surface area contributed by atoms with Crippen molar-refractivity contribution in [2.75, 3.05) is 19.6 Å². The van der Waals surface area contributed by atoms with Gasteiger partial charge < -0.3 is 35.6 Å². The van der Waals surface area contributed by atoms with Crippen molar-refractivity contribution in [1.82, 2.24) is 26.2 Å². The number of rotatable bonds is 13. The van der Waals surface area contributed by atoms with Gasteiger partial charge in [-0.3, -0.25) is 28.8 Å². The molecule has 1 rings (SSSR count). The van der Waals surface area contributed by atoms with E-state index < -0.39 is 70.6 Å². The number of hydrogen-bond acceptors (Lipinski definition) is 9. The van der Waals surface area contributed by atoms with Crippen molar-refractivity contribution < 1.29 is 43.0 Å². The van der Waals surface area contributed by atoms with Gasteiger partial charge in [-0.25, -0.2) is 4.79 Å². The van der Waals surface area contributed by atoms with Crippen LogP contribution in [0.4, 0.5) is 4.79 Å². The quantitative estimate of drug-likeness (QED) is 0.120. The SMILES string of the molecule is CC.CC(C)OC(=O)CNC(=O)NC(C(=O)N1CCCC1C(=O)NC(C)C(=O)C(=O)NCCC(=O)OC(C)(C)C)C(C)(C)C.CCC.CCC.CCC(C)C. The van der Waals surface area contributed by atoms with Crippen molar-refractivity contribution in [2.24, 2.45) is 11.3 Å². The van der Waals surface area contributed by atoms with E-state index in [1.54, 1.807) is 55.4 Å². The molecule has 55 heavy (non-hydrogen) atoms. The van der Waals surface area contributed by atoms with Gasteiger partial charge in [-0.2, -0.15) is 0 Å². The number of hydrogen-bond donors (Lipinski definition) is 4. The number of urea groups is 1. The number of amides is 5. The molecule has 0 radical (unpaired) electrons. The summed E-state index contributed by atoms with van der Waals surface area (Å²) in [5.41, 5.74) is -1.43. The minimum atomic E-state index is -1.19. The Bertz CT molecular complexity index is 1130. The number of nitrogens with zero attached hydrogens (tertiary/aromatic N) is 1. The molecular formula is C41H81N5O9. The average molecular weight is 788 g/mol. The molecule has 1 aliphatic rings. The van der Waals surface area contributed by atoms with E-state index in [1.165, 1.54) is 31.1 Å². The van der Waals surface area contributed by atoms with Crippen LogP contribution >= 0.6 is 0 Å². The molecule has 0 saturated carbocycles. The van der Waals surface area contributed by atoms with Crippen LogP contribution in [0.2, 0.25) is 0 Å². The highest BCUT2D eigenvalue weighted by atomic mass is 16.6. The Hall–Kier alpha value is -3.71. The summed E-state index contributed by atoms with van der Waals surface area (Å²) >= 11 is 0. The Kier molecular flexibility index (Phi) is 33.2. The molecule has 5 amide bonds. The first-order valence-electron chi connectivity index (χ1n) is 20.2. The summed E-state index contributed by atoms with van der Waals surface area (Å²) in [6.07, 6.45) is 4.17. The van der Waals surface area contributed by atoms with E-state index in [1.807, 2.05) is 13.8 Å². The summed E-state index contributed by atoms with van der Waals surface area (Å²) in [5, 5.41) is 9.81. The van der Waals surface area contributed by atoms with Crippen molar-refractivity contribution in [3.8, 4) is 0 Å². The van der Waals surface area contributed by atoms with E-state index in [0.717, 1.165) is 5.92 Å². The van der Waals surface area contributed by atoms with Crippen LogP contribution in [0.3, 0.4) is 0 Å². The van der Waals surface area contributed by atoms with Gasteiger partial charge in [0.05, 0.1) is 18.6 Å². The molecule has 14 nitrogen and oxygen atoms in total. The third-order valence-corrected chi connectivity index (χ3v) is 6.81. The van der Waals surface area contributed by atoms with E-state index in [-0.39, 0.29) is 32.2 Å². The molecule has 0 aromatic rings. The van der Waals surface area contributed by atoms with Gasteiger partial charge in [0.1, 0.15) is 24.2 Å². The van der Waals surface area contributed by atoms with Crippen LogP contribution in [0.1, 0.15) is 163 Å². The Labute approximate surface area is 334 Å². The fraction of sp³-hybridized carbons (Fsp3) is 0.829. The molecule has 324 valence electrons. The van der Waals surface area contributed by atoms with E-state index in [4.69, 9.17) is 9.47 Å². The first-order chi connectivity index (χ1) is 25.3. The third kappa shape index (κ3) is 30.2. The second-order valence-corrected chi connectivity index (χ2v) is 15.8. The number of carbonyl (C=O) groups is 7. The summed E-state index contributed by atoms with van der Waals surface area (Å²) in [6, 6.07) is -3.90. The molecule has 0 bridgehead atoms. The lowest BCUT2D eigenvalue weighted by atomic mass is 9.85. The van der Waals surface area contributed by atoms with Crippen LogP contribution in [0.25, 0.3) is 0 Å². The van der Waals surface area contributed by atoms with E-state index in [9.17, 15) is 33.6 Å². The van der Waals surface area contributed by atoms with Crippen LogP contribution in [0, 0.1) is 11.3 Å². The monoisotopic (exact) mass is 788 g/mol. The molecular weight excluding hydrogens is 706 g/mol. The van der Waals surface area contributed by atoms with Crippen LogP contribution in [-0.4, -0.2) is 95.8 Å². The molecule has 0 aromatic heterocycles. The normalized spacial score (nSPS) is 14.3. The Morgan fingerprint density at radius 1 is 0.764 bits per heavy atom. The maximum absolute atomic E-state index is 13.6. The average Bonchev–Trinajstić information content (AvgIpc) is 3.56. The lowest BCUT2D eigenvalue weighted by Gasteiger charge is -2.35. The van der Waals surface area contributed by atoms with Crippen molar-refractivity contribution in [3.63, 3.8) is 0 Å². The van der Waals surface area contributed by atoms with Gasteiger partial charge in [0.2, 0.25) is 17.6 Å². The highest BCUT2D eigenvalue weighted by molar-refractivity contribution is 6.38. The second kappa shape index (κ2) is 31.5. The molecule has 3 unspecified atom stereocenters. The number of ether oxygens (including phenoxy) is 2. The number of likely N-dealkylation sites (tertiary alicyclic amines) is 1. The molecule has 0 spiro atoms. The zero-order valence-corrected chi connectivity index (χ0v) is 37.9. The van der Waals surface area contributed by atoms with Crippen molar-refractivity contribution >= 4 is 41.5 Å². The third-order valence-electron chi connectivity index (χ3n) is 6.81. The van der Waals surface area contributed by atoms with Gasteiger partial charge in [-0.15, -0.1) is 0 Å². The summed E-state index contributed by atoms with van der Waals surface area (Å²) in [7, 11) is 0. The predicted molar refractivity (Wildman–Crippen MR) is 220 cm³/mol. The lowest BCUT2D eigenvalue weighted by molar-refractivity contribution is -0.155. The predicted octanol–water partition coefficient (Wildman–Crippen LogP) is 6.48. The van der Waals surface area contributed by atoms with Crippen LogP contribution in [0.5, 0.6) is 0 Å². The highest BCUT2D eigenvalue weighted by Crippen LogP contribution is 2.26. The molecule has 1 aliphatic heterocycles. The topological polar surface area (TPSA) is 189 Å². The minimum absolute atomic E-state index is 0.112. The Balaban J connectivity index is -0.000000869. The van der Waals surface area contributed by atoms with Gasteiger partial charge in [0.25, 0.3) is 5.91 Å². The molecule has 14 heteroatoms. The summed E-state index contributed by atoms with van der Waals surface area (Å²) < 4.78 is 10.1. The number of carbonyl (C=O) groups excluding carboxylic acids is 7. The first kappa shape index (κ1) is 58.0. The molecule has 1 fully saturated rings. The number of Topliss-reactive ketones (excluding diaryl/α,β-unsaturated/α-hetero) is 1. The Morgan fingerprint density at radius 3 is 1.67 bits per heavy atom. The Morgan fingerprint density at radius 2 is 1.25 bits per heavy atom. The standard InChI is InChI=1S/C28H47N5O9.C5H12.2C3H8.C2H6/c1-16(2)41-20(35)15-30-26(40)32-22(27(4,5)6)25(39)33-14-10-11-18(33)23(37)31-17(3)21(36)24(38)29-13-12-19(34)42-28(7,8)9;1-4-5(2)3;2*1-3-2;1-2/h16-18,22H,10-15H2,1-9H3,(H,29,38)(H,31,37)(H2,30,32,40);5H,4H2,1-3H3;2*3H2,1-2H3;1-2H3. The summed E-state index contributed by atoms with van der Waals surface area (Å²) in [6.45, 7) is 34.0. The van der Waals surface area contributed by atoms with Crippen LogP contribution in [0.15, 0.2) is 0 Å². The summed E-state index contributed by atoms with van der Waals surface area (Å²) in [4.78, 5) is 88.8. The van der Waals surface area contributed by atoms with E-state index in [0.29, 0.717) is 12.8 Å². The van der Waals surface area contributed by atoms with E-state index in [2.05, 4.69) is 69.7 Å². The van der Waals surface area contributed by atoms with Crippen molar-refractivity contribution in [1.29, 1.82) is 0 Å². The highest BCUT2D eigenvalue weighted by Gasteiger charge is 2.42. The zero-order chi connectivity index (χ0) is 44.1. The van der Waals surface area contributed by atoms with Gasteiger partial charge in [-0.05, 0) is 65.7 Å². The fourth-order valence-corrected chi connectivity index (χ4v) is 4.09. The number of esters is 2. The molecule has 1 heterocycles. The summed E-state index contributed by atoms with van der Waals surface area (Å²) in [5.74, 6) is -3.27. The van der Waals surface area contributed by atoms with E-state index >= 15 is 0 Å². The van der Waals surface area contributed by atoms with Gasteiger partial charge in [0, 0.05) is 13.1 Å². The number of ketones is 1. The van der Waals surface area contributed by atoms with Gasteiger partial charge in [0.15, 0.2) is 0 Å². The van der Waals surface area contributed by atoms with Crippen molar-refractivity contribution in [3.05, 3.63) is 0 Å². The lowest BCUT2D eigenvalue weighted by Crippen LogP contribution is -2.60. The van der Waals surface area contributed by atoms with Gasteiger partial charge in [-0.1, -0.05) is 102 Å². The first-order valence-corrected chi connectivity index (χ1v) is 20.2. The second-order valence-electron chi connectivity index (χ2n) is 15.8. The zero-order valence-electron chi connectivity index (χ0n) is 37.9. The maximum Gasteiger partial charge on any atom is 0.325 e. The van der Waals surface area contributed by atoms with Gasteiger partial charge >= 0.3 is 18.0 Å².